The Morgan fingerprint density at radius 1 is 1.32 bits per heavy atom. The lowest BCUT2D eigenvalue weighted by molar-refractivity contribution is -0.137. The lowest BCUT2D eigenvalue weighted by Gasteiger charge is -2.12. The van der Waals surface area contributed by atoms with Crippen molar-refractivity contribution in [2.24, 2.45) is 0 Å². The van der Waals surface area contributed by atoms with Crippen LogP contribution in [0.5, 0.6) is 0 Å². The molecule has 2 aromatic rings. The average molecular weight is 333 g/mol. The zero-order valence-electron chi connectivity index (χ0n) is 11.0. The van der Waals surface area contributed by atoms with Gasteiger partial charge in [0.2, 0.25) is 0 Å². The van der Waals surface area contributed by atoms with Crippen molar-refractivity contribution in [3.05, 3.63) is 57.5 Å². The highest BCUT2D eigenvalue weighted by atomic mass is 32.1. The highest BCUT2D eigenvalue weighted by Crippen LogP contribution is 2.30. The normalized spacial score (nSPS) is 13.0. The summed E-state index contributed by atoms with van der Waals surface area (Å²) in [6, 6.07) is 3.25. The monoisotopic (exact) mass is 333 g/mol. The zero-order chi connectivity index (χ0) is 16.3. The Kier molecular flexibility index (Phi) is 4.82. The second-order valence-electron chi connectivity index (χ2n) is 4.51. The lowest BCUT2D eigenvalue weighted by atomic mass is 10.1. The summed E-state index contributed by atoms with van der Waals surface area (Å²) < 4.78 is 50.9. The van der Waals surface area contributed by atoms with Crippen LogP contribution >= 0.6 is 11.3 Å². The van der Waals surface area contributed by atoms with Gasteiger partial charge >= 0.3 is 6.18 Å². The number of amides is 1. The Morgan fingerprint density at radius 3 is 2.64 bits per heavy atom. The third-order valence-corrected chi connectivity index (χ3v) is 3.57. The summed E-state index contributed by atoms with van der Waals surface area (Å²) in [5, 5.41) is 15.5. The van der Waals surface area contributed by atoms with Gasteiger partial charge in [-0.05, 0) is 40.6 Å². The SMILES string of the molecule is O=C(NCC(O)c1ccsc1)c1cc(F)cc(C(F)(F)F)c1. The average Bonchev–Trinajstić information content (AvgIpc) is 2.97. The molecule has 22 heavy (non-hydrogen) atoms. The van der Waals surface area contributed by atoms with Crippen LogP contribution in [0.2, 0.25) is 0 Å². The summed E-state index contributed by atoms with van der Waals surface area (Å²) in [6.45, 7) is -0.187. The van der Waals surface area contributed by atoms with Gasteiger partial charge in [0, 0.05) is 12.1 Å². The second kappa shape index (κ2) is 6.45. The molecule has 0 saturated carbocycles. The fraction of sp³-hybridized carbons (Fsp3) is 0.214. The number of thiophene rings is 1. The Balaban J connectivity index is 2.08. The molecule has 1 atom stereocenters. The van der Waals surface area contributed by atoms with Crippen LogP contribution < -0.4 is 5.32 Å². The van der Waals surface area contributed by atoms with Crippen LogP contribution in [0.1, 0.15) is 27.6 Å². The molecule has 0 aliphatic carbocycles. The highest BCUT2D eigenvalue weighted by molar-refractivity contribution is 7.07. The number of halogens is 4. The number of carbonyl (C=O) groups is 1. The Labute approximate surface area is 127 Å². The van der Waals surface area contributed by atoms with Crippen LogP contribution in [0.4, 0.5) is 17.6 Å². The number of nitrogens with one attached hydrogen (secondary N) is 1. The van der Waals surface area contributed by atoms with Crippen LogP contribution in [-0.4, -0.2) is 17.6 Å². The maximum Gasteiger partial charge on any atom is 0.416 e. The van der Waals surface area contributed by atoms with Crippen molar-refractivity contribution in [1.29, 1.82) is 0 Å². The Bertz CT molecular complexity index is 655. The van der Waals surface area contributed by atoms with Gasteiger partial charge in [0.15, 0.2) is 0 Å². The van der Waals surface area contributed by atoms with E-state index in [0.717, 1.165) is 0 Å². The molecule has 0 saturated heterocycles. The smallest absolute Gasteiger partial charge is 0.387 e. The molecule has 0 aliphatic rings. The minimum Gasteiger partial charge on any atom is -0.387 e. The van der Waals surface area contributed by atoms with Crippen LogP contribution in [0.3, 0.4) is 0 Å². The fourth-order valence-corrected chi connectivity index (χ4v) is 2.47. The molecule has 0 fully saturated rings. The van der Waals surface area contributed by atoms with Crippen molar-refractivity contribution in [1.82, 2.24) is 5.32 Å². The predicted octanol–water partition coefficient (Wildman–Crippen LogP) is 3.37. The summed E-state index contributed by atoms with van der Waals surface area (Å²) >= 11 is 1.36. The van der Waals surface area contributed by atoms with E-state index >= 15 is 0 Å². The van der Waals surface area contributed by atoms with Gasteiger partial charge in [-0.25, -0.2) is 4.39 Å². The molecule has 0 bridgehead atoms. The van der Waals surface area contributed by atoms with Crippen molar-refractivity contribution in [2.75, 3.05) is 6.54 Å². The Morgan fingerprint density at radius 2 is 2.05 bits per heavy atom. The molecule has 1 aromatic heterocycles. The summed E-state index contributed by atoms with van der Waals surface area (Å²) in [7, 11) is 0. The van der Waals surface area contributed by atoms with Gasteiger partial charge in [0.25, 0.3) is 5.91 Å². The number of carbonyl (C=O) groups excluding carboxylic acids is 1. The van der Waals surface area contributed by atoms with E-state index in [2.05, 4.69) is 5.32 Å². The fourth-order valence-electron chi connectivity index (χ4n) is 1.76. The lowest BCUT2D eigenvalue weighted by Crippen LogP contribution is -2.28. The van der Waals surface area contributed by atoms with E-state index in [1.807, 2.05) is 0 Å². The topological polar surface area (TPSA) is 49.3 Å². The standard InChI is InChI=1S/C14H11F4NO2S/c15-11-4-9(3-10(5-11)14(16,17)18)13(21)19-6-12(20)8-1-2-22-7-8/h1-5,7,12,20H,6H2,(H,19,21). The molecule has 1 amide bonds. The molecular weight excluding hydrogens is 322 g/mol. The largest absolute Gasteiger partial charge is 0.416 e. The first-order valence-electron chi connectivity index (χ1n) is 6.13. The molecule has 0 aliphatic heterocycles. The van der Waals surface area contributed by atoms with Gasteiger partial charge in [-0.15, -0.1) is 0 Å². The predicted molar refractivity (Wildman–Crippen MR) is 73.0 cm³/mol. The van der Waals surface area contributed by atoms with Gasteiger partial charge < -0.3 is 10.4 Å². The van der Waals surface area contributed by atoms with E-state index in [1.165, 1.54) is 11.3 Å². The van der Waals surface area contributed by atoms with E-state index in [9.17, 15) is 27.5 Å². The maximum atomic E-state index is 13.2. The number of aliphatic hydroxyl groups is 1. The molecule has 3 nitrogen and oxygen atoms in total. The summed E-state index contributed by atoms with van der Waals surface area (Å²) in [4.78, 5) is 11.8. The summed E-state index contributed by atoms with van der Waals surface area (Å²) in [5.74, 6) is -2.04. The van der Waals surface area contributed by atoms with Gasteiger partial charge in [0.05, 0.1) is 11.7 Å². The third kappa shape index (κ3) is 4.05. The van der Waals surface area contributed by atoms with Gasteiger partial charge in [-0.1, -0.05) is 0 Å². The molecule has 0 radical (unpaired) electrons. The van der Waals surface area contributed by atoms with Crippen molar-refractivity contribution in [2.45, 2.75) is 12.3 Å². The van der Waals surface area contributed by atoms with Crippen molar-refractivity contribution >= 4 is 17.2 Å². The number of rotatable bonds is 4. The molecule has 0 spiro atoms. The quantitative estimate of drug-likeness (QED) is 0.843. The number of hydrogen-bond acceptors (Lipinski definition) is 3. The molecule has 1 unspecified atom stereocenters. The first-order valence-corrected chi connectivity index (χ1v) is 7.08. The maximum absolute atomic E-state index is 13.2. The minimum absolute atomic E-state index is 0.187. The number of benzene rings is 1. The summed E-state index contributed by atoms with van der Waals surface area (Å²) in [5.41, 5.74) is -1.11. The third-order valence-electron chi connectivity index (χ3n) is 2.87. The van der Waals surface area contributed by atoms with Crippen LogP contribution in [0, 0.1) is 5.82 Å². The van der Waals surface area contributed by atoms with E-state index in [0.29, 0.717) is 23.8 Å². The zero-order valence-corrected chi connectivity index (χ0v) is 11.8. The van der Waals surface area contributed by atoms with E-state index < -0.39 is 35.1 Å². The minimum atomic E-state index is -4.74. The van der Waals surface area contributed by atoms with Gasteiger partial charge in [0.1, 0.15) is 5.82 Å². The Hall–Kier alpha value is -1.93. The number of aliphatic hydroxyl groups excluding tert-OH is 1. The van der Waals surface area contributed by atoms with Gasteiger partial charge in [-0.2, -0.15) is 24.5 Å². The molecule has 1 heterocycles. The molecular formula is C14H11F4NO2S. The molecule has 8 heteroatoms. The number of hydrogen-bond donors (Lipinski definition) is 2. The molecule has 2 N–H and O–H groups in total. The van der Waals surface area contributed by atoms with Crippen LogP contribution in [0.15, 0.2) is 35.0 Å². The van der Waals surface area contributed by atoms with Crippen molar-refractivity contribution < 1.29 is 27.5 Å². The van der Waals surface area contributed by atoms with Crippen molar-refractivity contribution in [3.63, 3.8) is 0 Å². The second-order valence-corrected chi connectivity index (χ2v) is 5.29. The molecule has 1 aromatic carbocycles. The van der Waals surface area contributed by atoms with E-state index in [-0.39, 0.29) is 6.54 Å². The number of alkyl halides is 3. The first kappa shape index (κ1) is 16.4. The van der Waals surface area contributed by atoms with E-state index in [1.54, 1.807) is 16.8 Å². The highest BCUT2D eigenvalue weighted by Gasteiger charge is 2.32. The van der Waals surface area contributed by atoms with Crippen LogP contribution in [0.25, 0.3) is 0 Å². The molecule has 2 rings (SSSR count). The molecule has 118 valence electrons. The first-order chi connectivity index (χ1) is 10.3. The van der Waals surface area contributed by atoms with Gasteiger partial charge in [-0.3, -0.25) is 4.79 Å². The van der Waals surface area contributed by atoms with Crippen molar-refractivity contribution in [3.8, 4) is 0 Å². The summed E-state index contributed by atoms with van der Waals surface area (Å²) in [6.07, 6.45) is -5.72. The van der Waals surface area contributed by atoms with E-state index in [4.69, 9.17) is 0 Å². The van der Waals surface area contributed by atoms with Crippen LogP contribution in [-0.2, 0) is 6.18 Å².